The van der Waals surface area contributed by atoms with Gasteiger partial charge in [-0.1, -0.05) is 0 Å². The average Bonchev–Trinajstić information content (AvgIpc) is 1.77. The molecule has 4 heteroatoms. The molecule has 0 radical (unpaired) electrons. The van der Waals surface area contributed by atoms with Gasteiger partial charge in [0.1, 0.15) is 0 Å². The molecular weight excluding hydrogens is 106 g/mol. The van der Waals surface area contributed by atoms with Crippen LogP contribution in [0.2, 0.25) is 0 Å². The Morgan fingerprint density at radius 1 is 1.75 bits per heavy atom. The summed E-state index contributed by atoms with van der Waals surface area (Å²) >= 11 is 0. The van der Waals surface area contributed by atoms with Crippen LogP contribution < -0.4 is 10.3 Å². The minimum absolute atomic E-state index is 0.174. The van der Waals surface area contributed by atoms with Crippen molar-refractivity contribution in [1.82, 2.24) is 5.10 Å². The van der Waals surface area contributed by atoms with Gasteiger partial charge in [-0.15, -0.1) is 0 Å². The Morgan fingerprint density at radius 2 is 2.50 bits per heavy atom. The van der Waals surface area contributed by atoms with E-state index in [4.69, 9.17) is 5.73 Å². The number of nitrogens with one attached hydrogen (secondary N) is 1. The SMILES string of the molecule is Nc1ccc[nH][n+]1=O. The standard InChI is InChI=1S/C4H6N3O/c5-4-2-1-3-6-7(4)8/h1-3H,5H2,(H,6,8)/q+1. The summed E-state index contributed by atoms with van der Waals surface area (Å²) in [6, 6.07) is 3.17. The van der Waals surface area contributed by atoms with Crippen molar-refractivity contribution in [2.24, 2.45) is 0 Å². The molecule has 0 aliphatic heterocycles. The van der Waals surface area contributed by atoms with Gasteiger partial charge in [0.2, 0.25) is 0 Å². The molecule has 0 amide bonds. The molecule has 3 N–H and O–H groups in total. The molecule has 4 nitrogen and oxygen atoms in total. The van der Waals surface area contributed by atoms with Gasteiger partial charge in [0, 0.05) is 12.3 Å². The lowest BCUT2D eigenvalue weighted by Crippen LogP contribution is -2.22. The largest absolute Gasteiger partial charge is 0.339 e. The number of nitrogens with zero attached hydrogens (tertiary/aromatic N) is 1. The lowest BCUT2D eigenvalue weighted by Gasteiger charge is -1.76. The molecule has 1 heterocycles. The molecule has 8 heavy (non-hydrogen) atoms. The zero-order chi connectivity index (χ0) is 5.98. The minimum atomic E-state index is 0.174. The summed E-state index contributed by atoms with van der Waals surface area (Å²) in [5.41, 5.74) is 5.14. The second kappa shape index (κ2) is 1.65. The number of aromatic amines is 1. The molecular formula is C4H6N3O+. The van der Waals surface area contributed by atoms with E-state index >= 15 is 0 Å². The molecule has 0 saturated heterocycles. The maximum Gasteiger partial charge on any atom is 0.339 e. The van der Waals surface area contributed by atoms with Gasteiger partial charge in [0.25, 0.3) is 0 Å². The lowest BCUT2D eigenvalue weighted by molar-refractivity contribution is -0.549. The Labute approximate surface area is 45.5 Å². The number of anilines is 1. The Hall–Kier alpha value is -1.32. The number of rotatable bonds is 0. The van der Waals surface area contributed by atoms with Crippen LogP contribution in [0.5, 0.6) is 0 Å². The lowest BCUT2D eigenvalue weighted by atomic mass is 10.6. The topological polar surface area (TPSA) is 64.8 Å². The third-order valence-corrected chi connectivity index (χ3v) is 0.790. The van der Waals surface area contributed by atoms with Crippen LogP contribution in [-0.4, -0.2) is 5.10 Å². The van der Waals surface area contributed by atoms with Gasteiger partial charge in [0.05, 0.1) is 4.54 Å². The first-order chi connectivity index (χ1) is 3.80. The minimum Gasteiger partial charge on any atom is -0.282 e. The Bertz CT molecular complexity index is 229. The van der Waals surface area contributed by atoms with Crippen molar-refractivity contribution in [2.45, 2.75) is 0 Å². The molecule has 0 fully saturated rings. The van der Waals surface area contributed by atoms with Gasteiger partial charge in [-0.25, -0.2) is 0 Å². The summed E-state index contributed by atoms with van der Waals surface area (Å²) in [5, 5.41) is 2.34. The molecule has 0 saturated carbocycles. The third kappa shape index (κ3) is 0.676. The Balaban J connectivity index is 3.35. The van der Waals surface area contributed by atoms with Crippen LogP contribution in [-0.2, 0) is 0 Å². The molecule has 0 aliphatic rings. The van der Waals surface area contributed by atoms with E-state index < -0.39 is 0 Å². The quantitative estimate of drug-likeness (QED) is 0.445. The number of H-pyrrole nitrogens is 1. The van der Waals surface area contributed by atoms with Crippen LogP contribution in [0.25, 0.3) is 0 Å². The molecule has 0 aliphatic carbocycles. The summed E-state index contributed by atoms with van der Waals surface area (Å²) in [7, 11) is 0. The zero-order valence-corrected chi connectivity index (χ0v) is 4.16. The molecule has 0 atom stereocenters. The smallest absolute Gasteiger partial charge is 0.282 e. The number of hydrogen-bond acceptors (Lipinski definition) is 2. The Morgan fingerprint density at radius 3 is 2.88 bits per heavy atom. The van der Waals surface area contributed by atoms with Crippen molar-refractivity contribution in [3.05, 3.63) is 23.2 Å². The molecule has 1 aromatic rings. The predicted molar refractivity (Wildman–Crippen MR) is 28.6 cm³/mol. The first kappa shape index (κ1) is 4.83. The summed E-state index contributed by atoms with van der Waals surface area (Å²) in [4.78, 5) is 10.4. The van der Waals surface area contributed by atoms with Crippen molar-refractivity contribution in [3.63, 3.8) is 0 Å². The number of aromatic nitrogens is 2. The first-order valence-electron chi connectivity index (χ1n) is 2.16. The van der Waals surface area contributed by atoms with Crippen LogP contribution in [0.3, 0.4) is 0 Å². The fourth-order valence-corrected chi connectivity index (χ4v) is 0.400. The van der Waals surface area contributed by atoms with Gasteiger partial charge < -0.3 is 0 Å². The van der Waals surface area contributed by atoms with Gasteiger partial charge in [-0.2, -0.15) is 5.10 Å². The monoisotopic (exact) mass is 112 g/mol. The van der Waals surface area contributed by atoms with E-state index in [1.165, 1.54) is 12.3 Å². The van der Waals surface area contributed by atoms with Crippen LogP contribution in [0.15, 0.2) is 18.3 Å². The molecule has 1 rings (SSSR count). The number of nitrogen functional groups attached to an aromatic ring is 1. The number of hydrogen-bond donors (Lipinski definition) is 2. The van der Waals surface area contributed by atoms with Gasteiger partial charge >= 0.3 is 5.82 Å². The van der Waals surface area contributed by atoms with Crippen molar-refractivity contribution in [1.29, 1.82) is 0 Å². The van der Waals surface area contributed by atoms with Crippen LogP contribution in [0.4, 0.5) is 5.82 Å². The van der Waals surface area contributed by atoms with E-state index in [0.717, 1.165) is 0 Å². The molecule has 0 spiro atoms. The van der Waals surface area contributed by atoms with Crippen molar-refractivity contribution in [3.8, 4) is 0 Å². The van der Waals surface area contributed by atoms with E-state index in [2.05, 4.69) is 5.10 Å². The fraction of sp³-hybridized carbons (Fsp3) is 0. The van der Waals surface area contributed by atoms with E-state index in [9.17, 15) is 4.91 Å². The summed E-state index contributed by atoms with van der Waals surface area (Å²) in [5.74, 6) is 0.174. The van der Waals surface area contributed by atoms with Crippen molar-refractivity contribution < 1.29 is 4.54 Å². The maximum absolute atomic E-state index is 10.4. The molecule has 0 bridgehead atoms. The summed E-state index contributed by atoms with van der Waals surface area (Å²) < 4.78 is 0.486. The normalized spacial score (nSPS) is 9.00. The van der Waals surface area contributed by atoms with Crippen LogP contribution >= 0.6 is 0 Å². The van der Waals surface area contributed by atoms with Crippen LogP contribution in [0, 0.1) is 4.91 Å². The van der Waals surface area contributed by atoms with Crippen LogP contribution in [0.1, 0.15) is 0 Å². The molecule has 1 aromatic heterocycles. The highest BCUT2D eigenvalue weighted by Gasteiger charge is 1.91. The van der Waals surface area contributed by atoms with E-state index in [1.54, 1.807) is 6.07 Å². The number of nitrogens with two attached hydrogens (primary N) is 1. The molecule has 42 valence electrons. The Kier molecular flexibility index (Phi) is 0.997. The summed E-state index contributed by atoms with van der Waals surface area (Å²) in [6.07, 6.45) is 1.50. The van der Waals surface area contributed by atoms with Gasteiger partial charge in [0.15, 0.2) is 0 Å². The second-order valence-corrected chi connectivity index (χ2v) is 1.37. The first-order valence-corrected chi connectivity index (χ1v) is 2.16. The molecule has 0 aromatic carbocycles. The van der Waals surface area contributed by atoms with Crippen molar-refractivity contribution >= 4 is 5.82 Å². The predicted octanol–water partition coefficient (Wildman–Crippen LogP) is -0.489. The average molecular weight is 112 g/mol. The third-order valence-electron chi connectivity index (χ3n) is 0.790. The van der Waals surface area contributed by atoms with E-state index in [0.29, 0.717) is 4.54 Å². The molecule has 0 unspecified atom stereocenters. The van der Waals surface area contributed by atoms with E-state index in [-0.39, 0.29) is 5.82 Å². The highest BCUT2D eigenvalue weighted by atomic mass is 16.3. The maximum atomic E-state index is 10.4. The summed E-state index contributed by atoms with van der Waals surface area (Å²) in [6.45, 7) is 0. The highest BCUT2D eigenvalue weighted by molar-refractivity contribution is 5.16. The highest BCUT2D eigenvalue weighted by Crippen LogP contribution is 1.82. The van der Waals surface area contributed by atoms with Gasteiger partial charge in [-0.05, 0) is 11.0 Å². The second-order valence-electron chi connectivity index (χ2n) is 1.37. The zero-order valence-electron chi connectivity index (χ0n) is 4.16. The van der Waals surface area contributed by atoms with Gasteiger partial charge in [-0.3, -0.25) is 5.73 Å². The fourth-order valence-electron chi connectivity index (χ4n) is 0.400. The van der Waals surface area contributed by atoms with Crippen molar-refractivity contribution in [2.75, 3.05) is 5.73 Å². The van der Waals surface area contributed by atoms with E-state index in [1.807, 2.05) is 0 Å².